The molecule has 4 rings (SSSR count). The van der Waals surface area contributed by atoms with Gasteiger partial charge in [-0.15, -0.1) is 15.3 Å². The molecule has 1 fully saturated rings. The van der Waals surface area contributed by atoms with Crippen molar-refractivity contribution in [2.75, 3.05) is 23.3 Å². The van der Waals surface area contributed by atoms with Gasteiger partial charge in [0.15, 0.2) is 11.5 Å². The third-order valence-electron chi connectivity index (χ3n) is 5.17. The van der Waals surface area contributed by atoms with E-state index in [9.17, 15) is 9.18 Å². The number of piperidine rings is 1. The average Bonchev–Trinajstić information content (AvgIpc) is 3.14. The molecule has 1 aliphatic rings. The molecular formula is C20H22ClFN6O. The molecule has 152 valence electrons. The lowest BCUT2D eigenvalue weighted by atomic mass is 9.96. The number of hydrogen-bond donors (Lipinski definition) is 1. The number of carbonyl (C=O) groups excluding carboxylic acids is 1. The number of benzene rings is 1. The van der Waals surface area contributed by atoms with Crippen LogP contribution in [0.4, 0.5) is 15.9 Å². The second kappa shape index (κ2) is 7.94. The van der Waals surface area contributed by atoms with Crippen LogP contribution in [0.1, 0.15) is 38.4 Å². The average molecular weight is 417 g/mol. The Balaban J connectivity index is 1.41. The summed E-state index contributed by atoms with van der Waals surface area (Å²) < 4.78 is 15.1. The molecule has 0 unspecified atom stereocenters. The lowest BCUT2D eigenvalue weighted by molar-refractivity contribution is -0.120. The van der Waals surface area contributed by atoms with Crippen LogP contribution in [0.25, 0.3) is 5.65 Å². The fourth-order valence-corrected chi connectivity index (χ4v) is 3.69. The molecule has 7 nitrogen and oxygen atoms in total. The molecular weight excluding hydrogens is 395 g/mol. The zero-order valence-corrected chi connectivity index (χ0v) is 17.0. The van der Waals surface area contributed by atoms with Crippen LogP contribution in [0.15, 0.2) is 30.3 Å². The minimum atomic E-state index is -0.504. The Morgan fingerprint density at radius 2 is 1.97 bits per heavy atom. The molecule has 1 amide bonds. The van der Waals surface area contributed by atoms with E-state index in [4.69, 9.17) is 16.7 Å². The van der Waals surface area contributed by atoms with Gasteiger partial charge < -0.3 is 10.2 Å². The Kier molecular flexibility index (Phi) is 5.36. The predicted molar refractivity (Wildman–Crippen MR) is 110 cm³/mol. The molecule has 1 aromatic carbocycles. The molecule has 3 heterocycles. The van der Waals surface area contributed by atoms with Crippen molar-refractivity contribution in [3.8, 4) is 0 Å². The summed E-state index contributed by atoms with van der Waals surface area (Å²) in [5.41, 5.74) is 1.23. The fraction of sp³-hybridized carbons (Fsp3) is 0.400. The van der Waals surface area contributed by atoms with Gasteiger partial charge in [-0.1, -0.05) is 25.4 Å². The van der Waals surface area contributed by atoms with E-state index < -0.39 is 5.82 Å². The minimum absolute atomic E-state index is 0.00570. The minimum Gasteiger partial charge on any atom is -0.355 e. The summed E-state index contributed by atoms with van der Waals surface area (Å²) in [7, 11) is 0. The normalized spacial score (nSPS) is 15.3. The molecule has 9 heteroatoms. The zero-order valence-electron chi connectivity index (χ0n) is 16.3. The highest BCUT2D eigenvalue weighted by atomic mass is 35.5. The van der Waals surface area contributed by atoms with Crippen LogP contribution in [0.2, 0.25) is 5.02 Å². The first-order valence-electron chi connectivity index (χ1n) is 9.65. The first-order chi connectivity index (χ1) is 13.9. The van der Waals surface area contributed by atoms with Gasteiger partial charge in [-0.05, 0) is 43.2 Å². The van der Waals surface area contributed by atoms with Crippen molar-refractivity contribution in [1.29, 1.82) is 0 Å². The molecule has 0 aliphatic carbocycles. The number of halogens is 2. The number of fused-ring (bicyclic) bond motifs is 1. The summed E-state index contributed by atoms with van der Waals surface area (Å²) in [4.78, 5) is 14.7. The van der Waals surface area contributed by atoms with Crippen molar-refractivity contribution in [1.82, 2.24) is 19.8 Å². The van der Waals surface area contributed by atoms with Crippen LogP contribution >= 0.6 is 11.6 Å². The zero-order chi connectivity index (χ0) is 20.5. The summed E-state index contributed by atoms with van der Waals surface area (Å²) in [6.45, 7) is 5.56. The van der Waals surface area contributed by atoms with Gasteiger partial charge in [0.2, 0.25) is 5.91 Å². The van der Waals surface area contributed by atoms with Crippen molar-refractivity contribution in [3.05, 3.63) is 47.0 Å². The summed E-state index contributed by atoms with van der Waals surface area (Å²) in [5.74, 6) is 1.22. The number of nitrogens with zero attached hydrogens (tertiary/aromatic N) is 5. The Morgan fingerprint density at radius 3 is 2.66 bits per heavy atom. The van der Waals surface area contributed by atoms with Crippen LogP contribution in [0, 0.1) is 11.7 Å². The standard InChI is InChI=1S/C20H22ClFN6O/c1-12(2)19-25-24-17-5-6-18(26-28(17)19)27-9-7-13(8-10-27)20(29)23-14-3-4-16(22)15(21)11-14/h3-6,11-13H,7-10H2,1-2H3,(H,23,29). The number of hydrogen-bond acceptors (Lipinski definition) is 5. The molecule has 1 N–H and O–H groups in total. The highest BCUT2D eigenvalue weighted by molar-refractivity contribution is 6.31. The van der Waals surface area contributed by atoms with Crippen molar-refractivity contribution in [2.24, 2.45) is 5.92 Å². The van der Waals surface area contributed by atoms with Gasteiger partial charge in [0, 0.05) is 30.6 Å². The van der Waals surface area contributed by atoms with Gasteiger partial charge >= 0.3 is 0 Å². The fourth-order valence-electron chi connectivity index (χ4n) is 3.51. The van der Waals surface area contributed by atoms with Crippen molar-refractivity contribution < 1.29 is 9.18 Å². The third kappa shape index (κ3) is 4.03. The quantitative estimate of drug-likeness (QED) is 0.698. The second-order valence-corrected chi connectivity index (χ2v) is 7.96. The van der Waals surface area contributed by atoms with E-state index >= 15 is 0 Å². The molecule has 29 heavy (non-hydrogen) atoms. The van der Waals surface area contributed by atoms with Crippen molar-refractivity contribution >= 4 is 34.7 Å². The first-order valence-corrected chi connectivity index (χ1v) is 10.0. The largest absolute Gasteiger partial charge is 0.355 e. The number of nitrogens with one attached hydrogen (secondary N) is 1. The summed E-state index contributed by atoms with van der Waals surface area (Å²) in [6.07, 6.45) is 1.42. The van der Waals surface area contributed by atoms with Gasteiger partial charge in [0.1, 0.15) is 11.6 Å². The van der Waals surface area contributed by atoms with Crippen LogP contribution < -0.4 is 10.2 Å². The van der Waals surface area contributed by atoms with Gasteiger partial charge in [-0.3, -0.25) is 4.79 Å². The molecule has 0 atom stereocenters. The number of anilines is 2. The molecule has 1 aliphatic heterocycles. The second-order valence-electron chi connectivity index (χ2n) is 7.55. The van der Waals surface area contributed by atoms with Gasteiger partial charge in [-0.2, -0.15) is 4.52 Å². The monoisotopic (exact) mass is 416 g/mol. The lowest BCUT2D eigenvalue weighted by Crippen LogP contribution is -2.38. The smallest absolute Gasteiger partial charge is 0.227 e. The molecule has 0 radical (unpaired) electrons. The van der Waals surface area contributed by atoms with E-state index in [1.807, 2.05) is 12.1 Å². The summed E-state index contributed by atoms with van der Waals surface area (Å²) in [5, 5.41) is 15.9. The highest BCUT2D eigenvalue weighted by Gasteiger charge is 2.26. The van der Waals surface area contributed by atoms with E-state index in [0.717, 1.165) is 30.4 Å². The molecule has 2 aromatic heterocycles. The Morgan fingerprint density at radius 1 is 1.21 bits per heavy atom. The highest BCUT2D eigenvalue weighted by Crippen LogP contribution is 2.25. The van der Waals surface area contributed by atoms with Crippen LogP contribution in [-0.2, 0) is 4.79 Å². The molecule has 0 bridgehead atoms. The van der Waals surface area contributed by atoms with E-state index in [0.29, 0.717) is 18.5 Å². The number of aromatic nitrogens is 4. The Bertz CT molecular complexity index is 1040. The van der Waals surface area contributed by atoms with E-state index in [1.165, 1.54) is 18.2 Å². The molecule has 3 aromatic rings. The van der Waals surface area contributed by atoms with Crippen molar-refractivity contribution in [3.63, 3.8) is 0 Å². The van der Waals surface area contributed by atoms with Crippen LogP contribution in [-0.4, -0.2) is 38.8 Å². The summed E-state index contributed by atoms with van der Waals surface area (Å²) >= 11 is 5.78. The lowest BCUT2D eigenvalue weighted by Gasteiger charge is -2.32. The maximum atomic E-state index is 13.3. The molecule has 0 saturated carbocycles. The van der Waals surface area contributed by atoms with Gasteiger partial charge in [0.25, 0.3) is 0 Å². The van der Waals surface area contributed by atoms with Crippen LogP contribution in [0.5, 0.6) is 0 Å². The molecule has 0 spiro atoms. The summed E-state index contributed by atoms with van der Waals surface area (Å²) in [6, 6.07) is 8.04. The maximum absolute atomic E-state index is 13.3. The number of rotatable bonds is 4. The van der Waals surface area contributed by atoms with Gasteiger partial charge in [-0.25, -0.2) is 4.39 Å². The van der Waals surface area contributed by atoms with E-state index in [2.05, 4.69) is 34.3 Å². The number of amides is 1. The van der Waals surface area contributed by atoms with E-state index in [-0.39, 0.29) is 22.8 Å². The van der Waals surface area contributed by atoms with Crippen LogP contribution in [0.3, 0.4) is 0 Å². The third-order valence-corrected chi connectivity index (χ3v) is 5.46. The maximum Gasteiger partial charge on any atom is 0.227 e. The SMILES string of the molecule is CC(C)c1nnc2ccc(N3CCC(C(=O)Nc4ccc(F)c(Cl)c4)CC3)nn12. The predicted octanol–water partition coefficient (Wildman–Crippen LogP) is 3.90. The first kappa shape index (κ1) is 19.6. The topological polar surface area (TPSA) is 75.4 Å². The van der Waals surface area contributed by atoms with Crippen molar-refractivity contribution in [2.45, 2.75) is 32.6 Å². The Hall–Kier alpha value is -2.74. The number of carbonyl (C=O) groups is 1. The van der Waals surface area contributed by atoms with Gasteiger partial charge in [0.05, 0.1) is 5.02 Å². The molecule has 1 saturated heterocycles. The Labute approximate surface area is 172 Å². The van der Waals surface area contributed by atoms with E-state index in [1.54, 1.807) is 4.52 Å².